The maximum absolute atomic E-state index is 11.5. The molecule has 0 radical (unpaired) electrons. The van der Waals surface area contributed by atoms with Crippen LogP contribution in [0.3, 0.4) is 0 Å². The maximum Gasteiger partial charge on any atom is 0.307 e. The normalized spacial score (nSPS) is 10.3. The monoisotopic (exact) mass is 375 g/mol. The first kappa shape index (κ1) is 19.2. The molecule has 0 bridgehead atoms. The second kappa shape index (κ2) is 8.86. The van der Waals surface area contributed by atoms with E-state index in [1.54, 1.807) is 12.1 Å². The summed E-state index contributed by atoms with van der Waals surface area (Å²) < 4.78 is 5.80. The van der Waals surface area contributed by atoms with Crippen LogP contribution in [-0.2, 0) is 22.6 Å². The Balaban J connectivity index is 1.76. The fourth-order valence-electron chi connectivity index (χ4n) is 2.86. The molecule has 0 saturated carbocycles. The van der Waals surface area contributed by atoms with Crippen LogP contribution in [0.5, 0.6) is 5.75 Å². The van der Waals surface area contributed by atoms with E-state index in [9.17, 15) is 9.59 Å². The summed E-state index contributed by atoms with van der Waals surface area (Å²) in [7, 11) is 0. The van der Waals surface area contributed by atoms with Gasteiger partial charge in [-0.15, -0.1) is 0 Å². The molecule has 0 atom stereocenters. The quantitative estimate of drug-likeness (QED) is 0.637. The van der Waals surface area contributed by atoms with Gasteiger partial charge in [-0.3, -0.25) is 9.59 Å². The van der Waals surface area contributed by atoms with Gasteiger partial charge in [0.1, 0.15) is 12.4 Å². The number of carbonyl (C=O) groups is 2. The summed E-state index contributed by atoms with van der Waals surface area (Å²) in [5, 5.41) is 11.8. The van der Waals surface area contributed by atoms with Gasteiger partial charge in [0, 0.05) is 12.6 Å². The first-order chi connectivity index (χ1) is 13.5. The zero-order valence-corrected chi connectivity index (χ0v) is 15.5. The Hall–Kier alpha value is -3.60. The molecule has 0 fully saturated rings. The van der Waals surface area contributed by atoms with Crippen molar-refractivity contribution in [3.05, 3.63) is 83.9 Å². The fourth-order valence-corrected chi connectivity index (χ4v) is 2.86. The number of hydrogen-bond donors (Lipinski definition) is 2. The van der Waals surface area contributed by atoms with E-state index in [0.717, 1.165) is 22.4 Å². The van der Waals surface area contributed by atoms with Crippen LogP contribution in [0.4, 0.5) is 5.69 Å². The second-order valence-corrected chi connectivity index (χ2v) is 6.42. The van der Waals surface area contributed by atoms with Crippen LogP contribution in [0.1, 0.15) is 18.1 Å². The third-order valence-corrected chi connectivity index (χ3v) is 4.20. The largest absolute Gasteiger partial charge is 0.489 e. The molecule has 0 spiro atoms. The van der Waals surface area contributed by atoms with Crippen LogP contribution in [0, 0.1) is 0 Å². The van der Waals surface area contributed by atoms with Crippen molar-refractivity contribution < 1.29 is 19.4 Å². The zero-order valence-electron chi connectivity index (χ0n) is 15.5. The Kier molecular flexibility index (Phi) is 6.07. The summed E-state index contributed by atoms with van der Waals surface area (Å²) in [5.74, 6) is -0.426. The Bertz CT molecular complexity index is 966. The highest BCUT2D eigenvalue weighted by Gasteiger charge is 2.10. The molecule has 0 heterocycles. The van der Waals surface area contributed by atoms with Gasteiger partial charge in [-0.05, 0) is 40.5 Å². The number of aliphatic carboxylic acids is 1. The molecule has 0 aliphatic carbocycles. The number of carbonyl (C=O) groups excluding carboxylic acids is 1. The van der Waals surface area contributed by atoms with E-state index in [0.29, 0.717) is 17.9 Å². The van der Waals surface area contributed by atoms with Crippen LogP contribution in [0.25, 0.3) is 11.1 Å². The van der Waals surface area contributed by atoms with Crippen molar-refractivity contribution in [1.29, 1.82) is 0 Å². The molecule has 0 saturated heterocycles. The summed E-state index contributed by atoms with van der Waals surface area (Å²) in [6.45, 7) is 1.90. The van der Waals surface area contributed by atoms with Gasteiger partial charge in [0.15, 0.2) is 0 Å². The molecule has 0 aliphatic rings. The third-order valence-electron chi connectivity index (χ3n) is 4.20. The number of hydrogen-bond acceptors (Lipinski definition) is 3. The van der Waals surface area contributed by atoms with Crippen LogP contribution in [0.15, 0.2) is 72.8 Å². The molecule has 5 heteroatoms. The predicted octanol–water partition coefficient (Wildman–Crippen LogP) is 4.52. The first-order valence-electron chi connectivity index (χ1n) is 8.91. The van der Waals surface area contributed by atoms with E-state index in [1.807, 2.05) is 60.7 Å². The van der Waals surface area contributed by atoms with E-state index in [-0.39, 0.29) is 12.3 Å². The van der Waals surface area contributed by atoms with Gasteiger partial charge < -0.3 is 15.2 Å². The highest BCUT2D eigenvalue weighted by molar-refractivity contribution is 5.91. The molecule has 0 aliphatic heterocycles. The summed E-state index contributed by atoms with van der Waals surface area (Å²) in [6, 6.07) is 23.0. The third kappa shape index (κ3) is 5.20. The Morgan fingerprint density at radius 1 is 0.929 bits per heavy atom. The number of rotatable bonds is 7. The lowest BCUT2D eigenvalue weighted by Crippen LogP contribution is -2.10. The number of anilines is 1. The number of carboxylic acid groups (broad SMARTS) is 1. The van der Waals surface area contributed by atoms with Crippen molar-refractivity contribution in [2.24, 2.45) is 0 Å². The standard InChI is InChI=1S/C23H21NO4/c1-16(25)24-22-13-19(7-8-20(22)14-23(26)27)18-9-11-21(12-10-18)28-15-17-5-3-2-4-6-17/h2-13H,14-15H2,1H3,(H,24,25)(H,26,27). The molecular formula is C23H21NO4. The zero-order chi connectivity index (χ0) is 19.9. The van der Waals surface area contributed by atoms with Crippen LogP contribution >= 0.6 is 0 Å². The van der Waals surface area contributed by atoms with Crippen LogP contribution in [0.2, 0.25) is 0 Å². The number of ether oxygens (including phenoxy) is 1. The Morgan fingerprint density at radius 2 is 1.61 bits per heavy atom. The first-order valence-corrected chi connectivity index (χ1v) is 8.91. The molecular weight excluding hydrogens is 354 g/mol. The van der Waals surface area contributed by atoms with E-state index >= 15 is 0 Å². The lowest BCUT2D eigenvalue weighted by molar-refractivity contribution is -0.136. The van der Waals surface area contributed by atoms with E-state index in [4.69, 9.17) is 9.84 Å². The lowest BCUT2D eigenvalue weighted by atomic mass is 10.0. The van der Waals surface area contributed by atoms with E-state index in [1.165, 1.54) is 6.92 Å². The van der Waals surface area contributed by atoms with Crippen molar-refractivity contribution >= 4 is 17.6 Å². The highest BCUT2D eigenvalue weighted by Crippen LogP contribution is 2.28. The van der Waals surface area contributed by atoms with Crippen molar-refractivity contribution in [3.8, 4) is 16.9 Å². The number of carboxylic acids is 1. The Morgan fingerprint density at radius 3 is 2.25 bits per heavy atom. The summed E-state index contributed by atoms with van der Waals surface area (Å²) in [4.78, 5) is 22.5. The average Bonchev–Trinajstić information content (AvgIpc) is 2.68. The lowest BCUT2D eigenvalue weighted by Gasteiger charge is -2.12. The molecule has 0 unspecified atom stereocenters. The molecule has 3 aromatic carbocycles. The predicted molar refractivity (Wildman–Crippen MR) is 108 cm³/mol. The van der Waals surface area contributed by atoms with Gasteiger partial charge in [-0.2, -0.15) is 0 Å². The van der Waals surface area contributed by atoms with Gasteiger partial charge in [-0.1, -0.05) is 54.6 Å². The topological polar surface area (TPSA) is 75.6 Å². The van der Waals surface area contributed by atoms with Crippen molar-refractivity contribution in [2.75, 3.05) is 5.32 Å². The van der Waals surface area contributed by atoms with Crippen molar-refractivity contribution in [3.63, 3.8) is 0 Å². The molecule has 142 valence electrons. The summed E-state index contributed by atoms with van der Waals surface area (Å²) in [6.07, 6.45) is -0.151. The van der Waals surface area contributed by atoms with Gasteiger partial charge in [0.2, 0.25) is 5.91 Å². The Labute approximate surface area is 163 Å². The number of nitrogens with one attached hydrogen (secondary N) is 1. The summed E-state index contributed by atoms with van der Waals surface area (Å²) >= 11 is 0. The molecule has 3 aromatic rings. The van der Waals surface area contributed by atoms with Crippen molar-refractivity contribution in [2.45, 2.75) is 20.0 Å². The van der Waals surface area contributed by atoms with Crippen molar-refractivity contribution in [1.82, 2.24) is 0 Å². The minimum Gasteiger partial charge on any atom is -0.489 e. The van der Waals surface area contributed by atoms with Crippen LogP contribution < -0.4 is 10.1 Å². The molecule has 5 nitrogen and oxygen atoms in total. The molecule has 2 N–H and O–H groups in total. The second-order valence-electron chi connectivity index (χ2n) is 6.42. The average molecular weight is 375 g/mol. The van der Waals surface area contributed by atoms with Crippen LogP contribution in [-0.4, -0.2) is 17.0 Å². The fraction of sp³-hybridized carbons (Fsp3) is 0.130. The molecule has 0 aromatic heterocycles. The maximum atomic E-state index is 11.5. The minimum atomic E-state index is -0.945. The van der Waals surface area contributed by atoms with Gasteiger partial charge >= 0.3 is 5.97 Å². The molecule has 3 rings (SSSR count). The van der Waals surface area contributed by atoms with Gasteiger partial charge in [0.25, 0.3) is 0 Å². The van der Waals surface area contributed by atoms with Gasteiger partial charge in [-0.25, -0.2) is 0 Å². The molecule has 28 heavy (non-hydrogen) atoms. The number of benzene rings is 3. The smallest absolute Gasteiger partial charge is 0.307 e. The van der Waals surface area contributed by atoms with E-state index < -0.39 is 5.97 Å². The van der Waals surface area contributed by atoms with Gasteiger partial charge in [0.05, 0.1) is 6.42 Å². The highest BCUT2D eigenvalue weighted by atomic mass is 16.5. The number of amides is 1. The minimum absolute atomic E-state index is 0.151. The SMILES string of the molecule is CC(=O)Nc1cc(-c2ccc(OCc3ccccc3)cc2)ccc1CC(=O)O. The summed E-state index contributed by atoms with van der Waals surface area (Å²) in [5.41, 5.74) is 4.00. The molecule has 1 amide bonds. The van der Waals surface area contributed by atoms with E-state index in [2.05, 4.69) is 5.32 Å².